The first kappa shape index (κ1) is 12.4. The van der Waals surface area contributed by atoms with Crippen LogP contribution in [0.3, 0.4) is 0 Å². The lowest BCUT2D eigenvalue weighted by molar-refractivity contribution is 0.469. The van der Waals surface area contributed by atoms with Crippen molar-refractivity contribution in [1.29, 1.82) is 0 Å². The van der Waals surface area contributed by atoms with E-state index >= 15 is 0 Å². The largest absolute Gasteiger partial charge is 0.508 e. The van der Waals surface area contributed by atoms with E-state index in [0.717, 1.165) is 24.1 Å². The fraction of sp³-hybridized carbons (Fsp3) is 0.250. The van der Waals surface area contributed by atoms with Crippen LogP contribution in [0, 0.1) is 0 Å². The maximum atomic E-state index is 9.87. The average molecular weight is 271 g/mol. The van der Waals surface area contributed by atoms with Gasteiger partial charge in [-0.05, 0) is 54.5 Å². The van der Waals surface area contributed by atoms with Gasteiger partial charge in [-0.25, -0.2) is 0 Å². The summed E-state index contributed by atoms with van der Waals surface area (Å²) in [6.45, 7) is 0. The third kappa shape index (κ3) is 2.43. The highest BCUT2D eigenvalue weighted by Gasteiger charge is 2.24. The van der Waals surface area contributed by atoms with Gasteiger partial charge < -0.3 is 10.4 Å². The fourth-order valence-electron chi connectivity index (χ4n) is 2.70. The van der Waals surface area contributed by atoms with Crippen molar-refractivity contribution in [2.24, 2.45) is 0 Å². The Morgan fingerprint density at radius 1 is 1.21 bits per heavy atom. The minimum absolute atomic E-state index is 0.305. The molecule has 0 amide bonds. The number of phenols is 1. The van der Waals surface area contributed by atoms with E-state index in [1.807, 2.05) is 6.07 Å². The first-order valence-electron chi connectivity index (χ1n) is 6.49. The molecule has 1 aliphatic rings. The van der Waals surface area contributed by atoms with Crippen molar-refractivity contribution in [3.05, 3.63) is 53.6 Å². The predicted octanol–water partition coefficient (Wildman–Crippen LogP) is 4.21. The molecule has 0 saturated carbocycles. The molecule has 1 atom stereocenters. The van der Waals surface area contributed by atoms with Gasteiger partial charge in [0.05, 0.1) is 6.04 Å². The van der Waals surface area contributed by atoms with Crippen molar-refractivity contribution in [2.45, 2.75) is 23.8 Å². The Balaban J connectivity index is 1.84. The van der Waals surface area contributed by atoms with Gasteiger partial charge in [-0.15, -0.1) is 11.8 Å². The molecule has 2 N–H and O–H groups in total. The highest BCUT2D eigenvalue weighted by molar-refractivity contribution is 7.98. The van der Waals surface area contributed by atoms with Crippen LogP contribution in [0.15, 0.2) is 47.4 Å². The van der Waals surface area contributed by atoms with Crippen LogP contribution in [0.1, 0.15) is 23.6 Å². The minimum atomic E-state index is 0.305. The summed E-state index contributed by atoms with van der Waals surface area (Å²) in [5, 5.41) is 13.4. The molecule has 0 saturated heterocycles. The summed E-state index contributed by atoms with van der Waals surface area (Å²) in [6.07, 6.45) is 4.07. The third-order valence-corrected chi connectivity index (χ3v) is 4.38. The van der Waals surface area contributed by atoms with Gasteiger partial charge in [0, 0.05) is 10.6 Å². The van der Waals surface area contributed by atoms with Gasteiger partial charge in [0.1, 0.15) is 5.75 Å². The highest BCUT2D eigenvalue weighted by atomic mass is 32.2. The molecule has 0 radical (unpaired) electrons. The predicted molar refractivity (Wildman–Crippen MR) is 81.0 cm³/mol. The zero-order valence-corrected chi connectivity index (χ0v) is 11.7. The van der Waals surface area contributed by atoms with Crippen molar-refractivity contribution in [3.63, 3.8) is 0 Å². The lowest BCUT2D eigenvalue weighted by Crippen LogP contribution is -2.06. The van der Waals surface area contributed by atoms with Crippen LogP contribution in [0.25, 0.3) is 0 Å². The molecule has 1 aliphatic carbocycles. The van der Waals surface area contributed by atoms with Gasteiger partial charge >= 0.3 is 0 Å². The molecule has 2 aromatic rings. The van der Waals surface area contributed by atoms with Gasteiger partial charge in [-0.3, -0.25) is 0 Å². The molecule has 2 aromatic carbocycles. The van der Waals surface area contributed by atoms with Gasteiger partial charge in [-0.2, -0.15) is 0 Å². The molecule has 0 aromatic heterocycles. The van der Waals surface area contributed by atoms with E-state index in [1.54, 1.807) is 17.8 Å². The monoisotopic (exact) mass is 271 g/mol. The van der Waals surface area contributed by atoms with Crippen LogP contribution in [0.2, 0.25) is 0 Å². The summed E-state index contributed by atoms with van der Waals surface area (Å²) in [6, 6.07) is 14.6. The van der Waals surface area contributed by atoms with E-state index < -0.39 is 0 Å². The van der Waals surface area contributed by atoms with Crippen LogP contribution in [0.4, 0.5) is 5.69 Å². The number of hydrogen-bond acceptors (Lipinski definition) is 3. The van der Waals surface area contributed by atoms with Gasteiger partial charge in [-0.1, -0.05) is 18.2 Å². The fourth-order valence-corrected chi connectivity index (χ4v) is 3.16. The molecule has 98 valence electrons. The molecule has 0 spiro atoms. The van der Waals surface area contributed by atoms with Crippen molar-refractivity contribution in [1.82, 2.24) is 0 Å². The molecule has 1 unspecified atom stereocenters. The summed E-state index contributed by atoms with van der Waals surface area (Å²) in [5.74, 6) is 0.430. The van der Waals surface area contributed by atoms with Crippen molar-refractivity contribution >= 4 is 17.4 Å². The Morgan fingerprint density at radius 3 is 2.89 bits per heavy atom. The van der Waals surface area contributed by atoms with E-state index in [1.165, 1.54) is 10.5 Å². The van der Waals surface area contributed by atoms with E-state index in [9.17, 15) is 5.11 Å². The molecule has 0 aliphatic heterocycles. The minimum Gasteiger partial charge on any atom is -0.508 e. The molecular formula is C16H17NOS. The zero-order chi connectivity index (χ0) is 13.2. The molecule has 0 bridgehead atoms. The third-order valence-electron chi connectivity index (χ3n) is 3.66. The van der Waals surface area contributed by atoms with Gasteiger partial charge in [0.25, 0.3) is 0 Å². The highest BCUT2D eigenvalue weighted by Crippen LogP contribution is 2.38. The summed E-state index contributed by atoms with van der Waals surface area (Å²) >= 11 is 1.75. The quantitative estimate of drug-likeness (QED) is 0.820. The van der Waals surface area contributed by atoms with Gasteiger partial charge in [0.2, 0.25) is 0 Å². The maximum Gasteiger partial charge on any atom is 0.119 e. The number of nitrogens with one attached hydrogen (secondary N) is 1. The van der Waals surface area contributed by atoms with E-state index in [2.05, 4.69) is 41.9 Å². The Hall–Kier alpha value is -1.61. The Morgan fingerprint density at radius 2 is 2.05 bits per heavy atom. The number of thioether (sulfide) groups is 1. The first-order chi connectivity index (χ1) is 9.28. The van der Waals surface area contributed by atoms with Crippen LogP contribution in [-0.2, 0) is 6.42 Å². The molecule has 3 rings (SSSR count). The lowest BCUT2D eigenvalue weighted by atomic mass is 10.1. The first-order valence-corrected chi connectivity index (χ1v) is 7.72. The van der Waals surface area contributed by atoms with E-state index in [0.29, 0.717) is 11.8 Å². The molecule has 0 heterocycles. The topological polar surface area (TPSA) is 32.3 Å². The van der Waals surface area contributed by atoms with E-state index in [-0.39, 0.29) is 0 Å². The summed E-state index contributed by atoms with van der Waals surface area (Å²) in [4.78, 5) is 1.26. The summed E-state index contributed by atoms with van der Waals surface area (Å²) in [7, 11) is 0. The normalized spacial score (nSPS) is 17.2. The maximum absolute atomic E-state index is 9.87. The molecule has 0 fully saturated rings. The van der Waals surface area contributed by atoms with Crippen molar-refractivity contribution < 1.29 is 5.11 Å². The number of fused-ring (bicyclic) bond motifs is 1. The second-order valence-corrected chi connectivity index (χ2v) is 5.69. The van der Waals surface area contributed by atoms with Crippen LogP contribution >= 0.6 is 11.8 Å². The zero-order valence-electron chi connectivity index (χ0n) is 10.9. The second kappa shape index (κ2) is 5.17. The molecule has 2 nitrogen and oxygen atoms in total. The average Bonchev–Trinajstić information content (AvgIpc) is 2.84. The summed E-state index contributed by atoms with van der Waals surface area (Å²) in [5.41, 5.74) is 3.48. The van der Waals surface area contributed by atoms with Gasteiger partial charge in [0.15, 0.2) is 0 Å². The number of benzene rings is 2. The van der Waals surface area contributed by atoms with Crippen LogP contribution < -0.4 is 5.32 Å². The molecule has 19 heavy (non-hydrogen) atoms. The molecular weight excluding hydrogens is 254 g/mol. The van der Waals surface area contributed by atoms with E-state index in [4.69, 9.17) is 0 Å². The van der Waals surface area contributed by atoms with Crippen LogP contribution in [0.5, 0.6) is 5.75 Å². The number of phenolic OH excluding ortho intramolecular Hbond substituents is 1. The van der Waals surface area contributed by atoms with Crippen LogP contribution in [-0.4, -0.2) is 11.4 Å². The standard InChI is InChI=1S/C16H17NOS/c1-19-12-5-2-4-11(10-12)17-15-9-8-14-13(15)6-3-7-16(14)18/h2-7,10,15,17-18H,8-9H2,1H3. The smallest absolute Gasteiger partial charge is 0.119 e. The number of anilines is 1. The number of rotatable bonds is 3. The number of aromatic hydroxyl groups is 1. The lowest BCUT2D eigenvalue weighted by Gasteiger charge is -2.16. The Bertz CT molecular complexity index is 597. The number of hydrogen-bond donors (Lipinski definition) is 2. The van der Waals surface area contributed by atoms with Crippen molar-refractivity contribution in [2.75, 3.05) is 11.6 Å². The Kier molecular flexibility index (Phi) is 3.38. The summed E-state index contributed by atoms with van der Waals surface area (Å²) < 4.78 is 0. The molecule has 3 heteroatoms. The Labute approximate surface area is 117 Å². The second-order valence-electron chi connectivity index (χ2n) is 4.81. The van der Waals surface area contributed by atoms with Crippen molar-refractivity contribution in [3.8, 4) is 5.75 Å². The SMILES string of the molecule is CSc1cccc(NC2CCc3c(O)cccc32)c1.